The molecule has 0 radical (unpaired) electrons. The van der Waals surface area contributed by atoms with Crippen LogP contribution in [0, 0.1) is 0 Å². The highest BCUT2D eigenvalue weighted by Crippen LogP contribution is 2.16. The summed E-state index contributed by atoms with van der Waals surface area (Å²) in [6.45, 7) is -0.757. The molecule has 1 atom stereocenters. The molecule has 0 saturated carbocycles. The minimum Gasteiger partial charge on any atom is -0.425 e. The first-order chi connectivity index (χ1) is 9.27. The minimum atomic E-state index is -4.43. The second-order valence-corrected chi connectivity index (χ2v) is 7.44. The first-order valence-electron chi connectivity index (χ1n) is 5.32. The fourth-order valence-corrected chi connectivity index (χ4v) is 4.11. The zero-order chi connectivity index (χ0) is 14.8. The lowest BCUT2D eigenvalue weighted by atomic mass is 10.3. The molecule has 1 aromatic rings. The SMILES string of the molecule is O=C(Oc1ccccc1)C1COS(=O)(=O)CS(=O)(=O)O1. The van der Waals surface area contributed by atoms with E-state index in [0.29, 0.717) is 0 Å². The molecule has 10 heteroatoms. The van der Waals surface area contributed by atoms with Gasteiger partial charge in [0.15, 0.2) is 6.10 Å². The smallest absolute Gasteiger partial charge is 0.344 e. The Hall–Kier alpha value is -1.49. The predicted molar refractivity (Wildman–Crippen MR) is 65.6 cm³/mol. The Balaban J connectivity index is 2.14. The summed E-state index contributed by atoms with van der Waals surface area (Å²) in [4.78, 5) is 11.7. The third-order valence-electron chi connectivity index (χ3n) is 2.17. The molecule has 1 aliphatic heterocycles. The van der Waals surface area contributed by atoms with Gasteiger partial charge in [-0.15, -0.1) is 0 Å². The van der Waals surface area contributed by atoms with Crippen molar-refractivity contribution >= 4 is 26.2 Å². The number of ether oxygens (including phenoxy) is 1. The Kier molecular flexibility index (Phi) is 4.09. The second-order valence-electron chi connectivity index (χ2n) is 3.84. The Bertz CT molecular complexity index is 692. The lowest BCUT2D eigenvalue weighted by Gasteiger charge is -2.11. The molecule has 1 fully saturated rings. The lowest BCUT2D eigenvalue weighted by molar-refractivity contribution is -0.143. The molecule has 1 heterocycles. The van der Waals surface area contributed by atoms with Gasteiger partial charge in [-0.2, -0.15) is 16.8 Å². The van der Waals surface area contributed by atoms with Gasteiger partial charge >= 0.3 is 5.97 Å². The largest absolute Gasteiger partial charge is 0.425 e. The highest BCUT2D eigenvalue weighted by Gasteiger charge is 2.37. The van der Waals surface area contributed by atoms with Gasteiger partial charge in [-0.25, -0.2) is 4.79 Å². The summed E-state index contributed by atoms with van der Waals surface area (Å²) < 4.78 is 58.8. The van der Waals surface area contributed by atoms with Crippen molar-refractivity contribution in [3.63, 3.8) is 0 Å². The van der Waals surface area contributed by atoms with Crippen LogP contribution in [0.4, 0.5) is 0 Å². The predicted octanol–water partition coefficient (Wildman–Crippen LogP) is -0.375. The molecule has 2 rings (SSSR count). The number of hydrogen-bond acceptors (Lipinski definition) is 8. The van der Waals surface area contributed by atoms with Crippen molar-refractivity contribution < 1.29 is 34.7 Å². The normalized spacial score (nSPS) is 24.5. The number of carbonyl (C=O) groups is 1. The van der Waals surface area contributed by atoms with Crippen molar-refractivity contribution in [3.8, 4) is 5.75 Å². The van der Waals surface area contributed by atoms with Crippen molar-refractivity contribution in [1.82, 2.24) is 0 Å². The lowest BCUT2D eigenvalue weighted by Crippen LogP contribution is -2.33. The van der Waals surface area contributed by atoms with E-state index < -0.39 is 44.0 Å². The van der Waals surface area contributed by atoms with Crippen LogP contribution in [0.2, 0.25) is 0 Å². The average molecular weight is 322 g/mol. The highest BCUT2D eigenvalue weighted by atomic mass is 32.3. The maximum absolute atomic E-state index is 11.7. The van der Waals surface area contributed by atoms with Crippen molar-refractivity contribution in [2.75, 3.05) is 11.7 Å². The molecule has 20 heavy (non-hydrogen) atoms. The number of benzene rings is 1. The van der Waals surface area contributed by atoms with Gasteiger partial charge in [-0.05, 0) is 12.1 Å². The van der Waals surface area contributed by atoms with Crippen LogP contribution < -0.4 is 4.74 Å². The van der Waals surface area contributed by atoms with E-state index in [1.807, 2.05) is 0 Å². The second kappa shape index (κ2) is 5.48. The maximum atomic E-state index is 11.7. The van der Waals surface area contributed by atoms with Crippen LogP contribution in [0.3, 0.4) is 0 Å². The van der Waals surface area contributed by atoms with E-state index in [-0.39, 0.29) is 5.75 Å². The van der Waals surface area contributed by atoms with Gasteiger partial charge in [0.2, 0.25) is 5.08 Å². The number of para-hydroxylation sites is 1. The fraction of sp³-hybridized carbons (Fsp3) is 0.300. The molecule has 0 bridgehead atoms. The number of esters is 1. The summed E-state index contributed by atoms with van der Waals surface area (Å²) in [5.41, 5.74) is 0. The molecule has 0 N–H and O–H groups in total. The summed E-state index contributed by atoms with van der Waals surface area (Å²) in [6.07, 6.45) is -1.67. The highest BCUT2D eigenvalue weighted by molar-refractivity contribution is 8.03. The van der Waals surface area contributed by atoms with Crippen LogP contribution >= 0.6 is 0 Å². The van der Waals surface area contributed by atoms with Crippen LogP contribution in [0.1, 0.15) is 0 Å². The maximum Gasteiger partial charge on any atom is 0.344 e. The molecule has 1 aliphatic rings. The third kappa shape index (κ3) is 4.00. The van der Waals surface area contributed by atoms with E-state index in [2.05, 4.69) is 8.37 Å². The van der Waals surface area contributed by atoms with E-state index in [0.717, 1.165) is 0 Å². The van der Waals surface area contributed by atoms with Crippen molar-refractivity contribution in [3.05, 3.63) is 30.3 Å². The van der Waals surface area contributed by atoms with Gasteiger partial charge in [0.1, 0.15) is 12.4 Å². The molecule has 1 saturated heterocycles. The molecule has 0 spiro atoms. The Labute approximate surface area is 115 Å². The molecule has 1 unspecified atom stereocenters. The van der Waals surface area contributed by atoms with Crippen molar-refractivity contribution in [1.29, 1.82) is 0 Å². The molecule has 0 amide bonds. The monoisotopic (exact) mass is 322 g/mol. The van der Waals surface area contributed by atoms with Crippen LogP contribution in [0.25, 0.3) is 0 Å². The molecule has 110 valence electrons. The summed E-state index contributed by atoms with van der Waals surface area (Å²) in [6, 6.07) is 7.85. The number of hydrogen-bond donors (Lipinski definition) is 0. The van der Waals surface area contributed by atoms with Crippen LogP contribution in [-0.2, 0) is 33.4 Å². The zero-order valence-electron chi connectivity index (χ0n) is 9.96. The zero-order valence-corrected chi connectivity index (χ0v) is 11.6. The van der Waals surface area contributed by atoms with Crippen LogP contribution in [-0.4, -0.2) is 40.6 Å². The first-order valence-corrected chi connectivity index (χ1v) is 8.48. The van der Waals surface area contributed by atoms with Gasteiger partial charge < -0.3 is 4.74 Å². The van der Waals surface area contributed by atoms with Gasteiger partial charge in [0.05, 0.1) is 0 Å². The summed E-state index contributed by atoms with van der Waals surface area (Å²) >= 11 is 0. The van der Waals surface area contributed by atoms with Gasteiger partial charge in [0, 0.05) is 0 Å². The van der Waals surface area contributed by atoms with Gasteiger partial charge in [-0.3, -0.25) is 8.37 Å². The Morgan fingerprint density at radius 3 is 2.40 bits per heavy atom. The van der Waals surface area contributed by atoms with E-state index in [1.165, 1.54) is 12.1 Å². The fourth-order valence-electron chi connectivity index (χ4n) is 1.39. The molecule has 0 aliphatic carbocycles. The molecule has 0 aromatic heterocycles. The summed E-state index contributed by atoms with van der Waals surface area (Å²) in [7, 11) is -8.71. The standard InChI is InChI=1S/C10H10O8S2/c11-10(17-8-4-2-1-3-5-8)9-6-16-19(12,13)7-20(14,15)18-9/h1-5,9H,6-7H2. The average Bonchev–Trinajstić information content (AvgIpc) is 2.45. The Morgan fingerprint density at radius 1 is 1.10 bits per heavy atom. The van der Waals surface area contributed by atoms with Gasteiger partial charge in [0.25, 0.3) is 20.2 Å². The van der Waals surface area contributed by atoms with E-state index in [4.69, 9.17) is 4.74 Å². The number of rotatable bonds is 2. The molecular formula is C10H10O8S2. The van der Waals surface area contributed by atoms with Gasteiger partial charge in [-0.1, -0.05) is 18.2 Å². The minimum absolute atomic E-state index is 0.172. The van der Waals surface area contributed by atoms with E-state index in [1.54, 1.807) is 18.2 Å². The summed E-state index contributed by atoms with van der Waals surface area (Å²) in [5.74, 6) is -0.887. The Morgan fingerprint density at radius 2 is 1.75 bits per heavy atom. The topological polar surface area (TPSA) is 113 Å². The molecule has 8 nitrogen and oxygen atoms in total. The molecular weight excluding hydrogens is 312 g/mol. The van der Waals surface area contributed by atoms with Crippen molar-refractivity contribution in [2.24, 2.45) is 0 Å². The summed E-state index contributed by atoms with van der Waals surface area (Å²) in [5, 5.41) is -1.34. The quantitative estimate of drug-likeness (QED) is 0.411. The van der Waals surface area contributed by atoms with E-state index in [9.17, 15) is 21.6 Å². The number of carbonyl (C=O) groups excluding carboxylic acids is 1. The van der Waals surface area contributed by atoms with E-state index >= 15 is 0 Å². The van der Waals surface area contributed by atoms with Crippen LogP contribution in [0.5, 0.6) is 5.75 Å². The first kappa shape index (κ1) is 14.9. The molecule has 1 aromatic carbocycles. The van der Waals surface area contributed by atoms with Crippen LogP contribution in [0.15, 0.2) is 30.3 Å². The third-order valence-corrected chi connectivity index (χ3v) is 5.51. The van der Waals surface area contributed by atoms with Crippen molar-refractivity contribution in [2.45, 2.75) is 6.10 Å².